The minimum atomic E-state index is -5.08. The number of alkyl halides is 11. The summed E-state index contributed by atoms with van der Waals surface area (Å²) < 4.78 is 125. The third-order valence-corrected chi connectivity index (χ3v) is 6.76. The van der Waals surface area contributed by atoms with Crippen molar-refractivity contribution in [2.45, 2.75) is 70.7 Å². The van der Waals surface area contributed by atoms with Crippen LogP contribution in [0.25, 0.3) is 0 Å². The predicted molar refractivity (Wildman–Crippen MR) is 151 cm³/mol. The van der Waals surface area contributed by atoms with Crippen molar-refractivity contribution in [2.75, 3.05) is 19.6 Å². The molecule has 3 N–H and O–H groups in total. The minimum Gasteiger partial charge on any atom is -0.475 e. The first-order chi connectivity index (χ1) is 23.1. The van der Waals surface area contributed by atoms with Gasteiger partial charge >= 0.3 is 36.4 Å². The first-order valence-corrected chi connectivity index (χ1v) is 14.2. The van der Waals surface area contributed by atoms with Crippen molar-refractivity contribution in [3.05, 3.63) is 59.2 Å². The normalized spacial score (nSPS) is 19.0. The Morgan fingerprint density at radius 3 is 1.49 bits per heavy atom. The summed E-state index contributed by atoms with van der Waals surface area (Å²) in [7, 11) is 0. The van der Waals surface area contributed by atoms with Crippen LogP contribution in [0.5, 0.6) is 0 Å². The van der Waals surface area contributed by atoms with E-state index < -0.39 is 47.8 Å². The standard InChI is InChI=1S/C23H28F2N4O.3C2HF3O2/c1-17-6-3-8-19(26-17)12-28-15-22(14-23(24,25)16-28)10-5-11-29(21(22)30)13-20-9-4-7-18(2)27-20;3*3-2(4,5)1(6)7/h3-4,6-9H,5,10-16H2,1-2H3;3*(H,6,7). The van der Waals surface area contributed by atoms with Gasteiger partial charge in [-0.25, -0.2) is 23.2 Å². The molecule has 2 aliphatic rings. The maximum absolute atomic E-state index is 14.8. The second kappa shape index (κ2) is 17.5. The van der Waals surface area contributed by atoms with E-state index in [2.05, 4.69) is 9.97 Å². The summed E-state index contributed by atoms with van der Waals surface area (Å²) in [4.78, 5) is 52.5. The number of aryl methyl sites for hydroxylation is 2. The van der Waals surface area contributed by atoms with Gasteiger partial charge in [0.1, 0.15) is 0 Å². The molecule has 2 saturated heterocycles. The highest BCUT2D eigenvalue weighted by atomic mass is 19.4. The van der Waals surface area contributed by atoms with Gasteiger partial charge in [0.05, 0.1) is 29.9 Å². The predicted octanol–water partition coefficient (Wildman–Crippen LogP) is 5.64. The van der Waals surface area contributed by atoms with Gasteiger partial charge in [0.15, 0.2) is 0 Å². The topological polar surface area (TPSA) is 161 Å². The second-order valence-corrected chi connectivity index (χ2v) is 11.2. The lowest BCUT2D eigenvalue weighted by Gasteiger charge is -2.49. The molecule has 1 amide bonds. The third-order valence-electron chi connectivity index (χ3n) is 6.76. The summed E-state index contributed by atoms with van der Waals surface area (Å²) in [6.45, 7) is 5.08. The van der Waals surface area contributed by atoms with Crippen LogP contribution in [0.3, 0.4) is 0 Å². The molecule has 1 unspecified atom stereocenters. The second-order valence-electron chi connectivity index (χ2n) is 11.2. The maximum Gasteiger partial charge on any atom is 0.490 e. The molecule has 1 atom stereocenters. The van der Waals surface area contributed by atoms with E-state index in [4.69, 9.17) is 29.7 Å². The molecule has 11 nitrogen and oxygen atoms in total. The van der Waals surface area contributed by atoms with Crippen LogP contribution in [-0.2, 0) is 32.3 Å². The lowest BCUT2D eigenvalue weighted by Crippen LogP contribution is -2.60. The molecule has 2 aliphatic heterocycles. The molecule has 286 valence electrons. The summed E-state index contributed by atoms with van der Waals surface area (Å²) in [6, 6.07) is 11.3. The number of amides is 1. The molecule has 51 heavy (non-hydrogen) atoms. The highest BCUT2D eigenvalue weighted by Gasteiger charge is 2.55. The lowest BCUT2D eigenvalue weighted by molar-refractivity contribution is -0.193. The van der Waals surface area contributed by atoms with E-state index >= 15 is 0 Å². The van der Waals surface area contributed by atoms with E-state index in [1.807, 2.05) is 50.2 Å². The Kier molecular flexibility index (Phi) is 15.3. The molecular weight excluding hydrogens is 725 g/mol. The molecule has 2 fully saturated rings. The van der Waals surface area contributed by atoms with Crippen molar-refractivity contribution in [2.24, 2.45) is 5.41 Å². The first kappa shape index (κ1) is 44.4. The van der Waals surface area contributed by atoms with E-state index in [-0.39, 0.29) is 18.9 Å². The van der Waals surface area contributed by atoms with E-state index in [1.54, 1.807) is 9.80 Å². The molecule has 1 spiro atoms. The van der Waals surface area contributed by atoms with Gasteiger partial charge in [0.25, 0.3) is 5.92 Å². The third kappa shape index (κ3) is 15.4. The summed E-state index contributed by atoms with van der Waals surface area (Å²) in [5.41, 5.74) is 2.24. The Morgan fingerprint density at radius 1 is 0.725 bits per heavy atom. The number of hydrogen-bond donors (Lipinski definition) is 3. The molecule has 0 aromatic carbocycles. The molecule has 2 aromatic rings. The van der Waals surface area contributed by atoms with Crippen molar-refractivity contribution in [3.63, 3.8) is 0 Å². The van der Waals surface area contributed by atoms with E-state index in [1.165, 1.54) is 0 Å². The number of pyridine rings is 2. The number of hydrogen-bond acceptors (Lipinski definition) is 7. The quantitative estimate of drug-likeness (QED) is 0.333. The zero-order valence-electron chi connectivity index (χ0n) is 26.5. The minimum absolute atomic E-state index is 0.168. The summed E-state index contributed by atoms with van der Waals surface area (Å²) in [6.07, 6.45) is -14.4. The van der Waals surface area contributed by atoms with Gasteiger partial charge < -0.3 is 20.2 Å². The Bertz CT molecular complexity index is 1460. The van der Waals surface area contributed by atoms with Crippen molar-refractivity contribution >= 4 is 23.8 Å². The molecule has 0 radical (unpaired) electrons. The number of aliphatic carboxylic acids is 3. The highest BCUT2D eigenvalue weighted by Crippen LogP contribution is 2.45. The fourth-order valence-electron chi connectivity index (χ4n) is 4.94. The zero-order chi connectivity index (χ0) is 39.6. The van der Waals surface area contributed by atoms with Crippen molar-refractivity contribution in [1.29, 1.82) is 0 Å². The number of carbonyl (C=O) groups is 4. The van der Waals surface area contributed by atoms with Crippen LogP contribution in [-0.4, -0.2) is 103 Å². The van der Waals surface area contributed by atoms with Crippen molar-refractivity contribution in [3.8, 4) is 0 Å². The van der Waals surface area contributed by atoms with Crippen molar-refractivity contribution in [1.82, 2.24) is 19.8 Å². The summed E-state index contributed by atoms with van der Waals surface area (Å²) in [5.74, 6) is -11.3. The average molecular weight is 757 g/mol. The van der Waals surface area contributed by atoms with Crippen LogP contribution >= 0.6 is 0 Å². The summed E-state index contributed by atoms with van der Waals surface area (Å²) >= 11 is 0. The number of piperidine rings is 2. The number of carbonyl (C=O) groups excluding carboxylic acids is 1. The number of nitrogens with zero attached hydrogens (tertiary/aromatic N) is 4. The molecular formula is C29H31F11N4O7. The molecule has 0 saturated carbocycles. The lowest BCUT2D eigenvalue weighted by atomic mass is 9.71. The largest absolute Gasteiger partial charge is 0.490 e. The number of rotatable bonds is 4. The fourth-order valence-corrected chi connectivity index (χ4v) is 4.94. The van der Waals surface area contributed by atoms with E-state index in [9.17, 15) is 53.1 Å². The number of aromatic nitrogens is 2. The molecule has 0 aliphatic carbocycles. The van der Waals surface area contributed by atoms with Gasteiger partial charge in [-0.2, -0.15) is 39.5 Å². The van der Waals surface area contributed by atoms with Crippen LogP contribution in [0.2, 0.25) is 0 Å². The Morgan fingerprint density at radius 2 is 1.12 bits per heavy atom. The average Bonchev–Trinajstić information content (AvgIpc) is 2.94. The Hall–Kier alpha value is -4.63. The number of carboxylic acid groups (broad SMARTS) is 3. The molecule has 4 heterocycles. The number of carboxylic acids is 3. The van der Waals surface area contributed by atoms with Crippen LogP contribution in [0.1, 0.15) is 42.0 Å². The van der Waals surface area contributed by atoms with Gasteiger partial charge in [-0.1, -0.05) is 12.1 Å². The molecule has 2 aromatic heterocycles. The Balaban J connectivity index is 0.000000505. The first-order valence-electron chi connectivity index (χ1n) is 14.2. The van der Waals surface area contributed by atoms with Gasteiger partial charge in [0.2, 0.25) is 5.91 Å². The van der Waals surface area contributed by atoms with Crippen LogP contribution in [0, 0.1) is 19.3 Å². The highest BCUT2D eigenvalue weighted by molar-refractivity contribution is 5.84. The number of halogens is 11. The molecule has 0 bridgehead atoms. The van der Waals surface area contributed by atoms with Crippen LogP contribution in [0.4, 0.5) is 48.3 Å². The van der Waals surface area contributed by atoms with E-state index in [0.29, 0.717) is 32.6 Å². The fraction of sp³-hybridized carbons (Fsp3) is 0.517. The van der Waals surface area contributed by atoms with Gasteiger partial charge in [-0.15, -0.1) is 0 Å². The number of likely N-dealkylation sites (tertiary alicyclic amines) is 2. The SMILES string of the molecule is Cc1cccc(CN2CC(F)(F)CC3(CCCN(Cc4cccc(C)n4)C3=O)C2)n1.O=C(O)C(F)(F)F.O=C(O)C(F)(F)F.O=C(O)C(F)(F)F. The monoisotopic (exact) mass is 756 g/mol. The van der Waals surface area contributed by atoms with Crippen LogP contribution in [0.15, 0.2) is 36.4 Å². The smallest absolute Gasteiger partial charge is 0.475 e. The van der Waals surface area contributed by atoms with Crippen molar-refractivity contribution < 1.29 is 82.8 Å². The summed E-state index contributed by atoms with van der Waals surface area (Å²) in [5, 5.41) is 21.4. The van der Waals surface area contributed by atoms with Crippen LogP contribution < -0.4 is 0 Å². The zero-order valence-corrected chi connectivity index (χ0v) is 26.5. The molecule has 22 heteroatoms. The van der Waals surface area contributed by atoms with Gasteiger partial charge in [0, 0.05) is 37.4 Å². The maximum atomic E-state index is 14.8. The van der Waals surface area contributed by atoms with Gasteiger partial charge in [-0.3, -0.25) is 19.7 Å². The Labute approximate surface area is 281 Å². The van der Waals surface area contributed by atoms with E-state index in [0.717, 1.165) is 29.2 Å². The van der Waals surface area contributed by atoms with Gasteiger partial charge in [-0.05, 0) is 51.0 Å². The molecule has 4 rings (SSSR count).